The number of amides is 2. The molecule has 3 aromatic rings. The number of para-hydroxylation sites is 3. The third kappa shape index (κ3) is 8.94. The highest BCUT2D eigenvalue weighted by atomic mass is 32.1. The number of carbonyl (C=O) groups is 3. The number of nitrogens with one attached hydrogen (secondary N) is 2. The molecule has 1 saturated heterocycles. The van der Waals surface area contributed by atoms with E-state index in [-0.39, 0.29) is 49.4 Å². The molecule has 1 heterocycles. The van der Waals surface area contributed by atoms with Gasteiger partial charge in [-0.1, -0.05) is 48.5 Å². The fourth-order valence-corrected chi connectivity index (χ4v) is 4.36. The van der Waals surface area contributed by atoms with Gasteiger partial charge in [-0.05, 0) is 48.6 Å². The maximum absolute atomic E-state index is 13.1. The number of piperazine rings is 1. The van der Waals surface area contributed by atoms with Crippen molar-refractivity contribution in [3.8, 4) is 17.2 Å². The number of hydrogen-bond donors (Lipinski definition) is 2. The molecule has 1 unspecified atom stereocenters. The van der Waals surface area contributed by atoms with E-state index in [9.17, 15) is 14.4 Å². The van der Waals surface area contributed by atoms with Gasteiger partial charge in [0.15, 0.2) is 5.11 Å². The van der Waals surface area contributed by atoms with E-state index in [1.165, 1.54) is 4.90 Å². The van der Waals surface area contributed by atoms with Crippen molar-refractivity contribution in [2.75, 3.05) is 39.5 Å². The molecule has 0 bridgehead atoms. The van der Waals surface area contributed by atoms with Crippen LogP contribution in [0.3, 0.4) is 0 Å². The highest BCUT2D eigenvalue weighted by Crippen LogP contribution is 2.19. The normalized spacial score (nSPS) is 14.4. The molecule has 11 heteroatoms. The highest BCUT2D eigenvalue weighted by Gasteiger charge is 2.34. The smallest absolute Gasteiger partial charge is 0.308 e. The second kappa shape index (κ2) is 15.2. The molecule has 2 N–H and O–H groups in total. The summed E-state index contributed by atoms with van der Waals surface area (Å²) in [5.74, 6) is 0.275. The van der Waals surface area contributed by atoms with E-state index in [0.717, 1.165) is 5.75 Å². The molecule has 0 aromatic heterocycles. The molecule has 0 aliphatic carbocycles. The van der Waals surface area contributed by atoms with Crippen LogP contribution in [0.2, 0.25) is 0 Å². The second-order valence-corrected chi connectivity index (χ2v) is 9.24. The molecule has 1 atom stereocenters. The highest BCUT2D eigenvalue weighted by molar-refractivity contribution is 7.80. The summed E-state index contributed by atoms with van der Waals surface area (Å²) in [6.45, 7) is 1.33. The van der Waals surface area contributed by atoms with Crippen molar-refractivity contribution in [3.63, 3.8) is 0 Å². The predicted molar refractivity (Wildman–Crippen MR) is 155 cm³/mol. The standard InChI is InChI=1S/C30H31N3O7S/c34-27(40-20-18-38-23-11-5-2-6-12-23)21-25-29(36)31-15-16-33(25)30(41)32-28(35)24-13-7-8-14-26(24)39-19-17-37-22-9-3-1-4-10-22/h1-14,25H,15-21H2,(H,31,36)(H,32,35,41). The summed E-state index contributed by atoms with van der Waals surface area (Å²) in [4.78, 5) is 39.8. The number of nitrogens with zero attached hydrogens (tertiary/aromatic N) is 1. The minimum Gasteiger partial charge on any atom is -0.490 e. The van der Waals surface area contributed by atoms with Crippen LogP contribution < -0.4 is 24.8 Å². The summed E-state index contributed by atoms with van der Waals surface area (Å²) in [6, 6.07) is 24.3. The average Bonchev–Trinajstić information content (AvgIpc) is 2.99. The van der Waals surface area contributed by atoms with Gasteiger partial charge in [0, 0.05) is 13.1 Å². The van der Waals surface area contributed by atoms with Crippen molar-refractivity contribution in [3.05, 3.63) is 90.5 Å². The van der Waals surface area contributed by atoms with Crippen LogP contribution in [0.15, 0.2) is 84.9 Å². The van der Waals surface area contributed by atoms with E-state index in [0.29, 0.717) is 24.6 Å². The number of thiocarbonyl (C=S) groups is 1. The van der Waals surface area contributed by atoms with Gasteiger partial charge in [-0.25, -0.2) is 0 Å². The third-order valence-electron chi connectivity index (χ3n) is 6.01. The number of rotatable bonds is 12. The van der Waals surface area contributed by atoms with Crippen LogP contribution in [0.25, 0.3) is 0 Å². The Balaban J connectivity index is 1.28. The predicted octanol–water partition coefficient (Wildman–Crippen LogP) is 2.97. The van der Waals surface area contributed by atoms with Crippen molar-refractivity contribution in [2.24, 2.45) is 0 Å². The van der Waals surface area contributed by atoms with Crippen molar-refractivity contribution in [1.82, 2.24) is 15.5 Å². The summed E-state index contributed by atoms with van der Waals surface area (Å²) in [5.41, 5.74) is 0.269. The van der Waals surface area contributed by atoms with Crippen LogP contribution in [0.4, 0.5) is 0 Å². The van der Waals surface area contributed by atoms with E-state index < -0.39 is 17.9 Å². The second-order valence-electron chi connectivity index (χ2n) is 8.85. The lowest BCUT2D eigenvalue weighted by molar-refractivity contribution is -0.148. The molecule has 2 amide bonds. The van der Waals surface area contributed by atoms with Gasteiger partial charge in [0.25, 0.3) is 5.91 Å². The number of ether oxygens (including phenoxy) is 4. The van der Waals surface area contributed by atoms with Gasteiger partial charge in [-0.2, -0.15) is 0 Å². The van der Waals surface area contributed by atoms with Gasteiger partial charge in [-0.3, -0.25) is 19.7 Å². The molecular weight excluding hydrogens is 546 g/mol. The molecule has 0 saturated carbocycles. The van der Waals surface area contributed by atoms with Gasteiger partial charge in [0.1, 0.15) is 49.7 Å². The summed E-state index contributed by atoms with van der Waals surface area (Å²) < 4.78 is 22.2. The van der Waals surface area contributed by atoms with Gasteiger partial charge >= 0.3 is 5.97 Å². The molecular formula is C30H31N3O7S. The number of carbonyl (C=O) groups excluding carboxylic acids is 3. The Morgan fingerprint density at radius 1 is 0.829 bits per heavy atom. The van der Waals surface area contributed by atoms with Crippen molar-refractivity contribution >= 4 is 35.1 Å². The molecule has 4 rings (SSSR count). The monoisotopic (exact) mass is 577 g/mol. The maximum atomic E-state index is 13.1. The molecule has 41 heavy (non-hydrogen) atoms. The van der Waals surface area contributed by atoms with E-state index in [1.54, 1.807) is 36.4 Å². The van der Waals surface area contributed by atoms with E-state index >= 15 is 0 Å². The van der Waals surface area contributed by atoms with E-state index in [2.05, 4.69) is 10.6 Å². The molecule has 3 aromatic carbocycles. The zero-order chi connectivity index (χ0) is 28.9. The van der Waals surface area contributed by atoms with Crippen LogP contribution in [0.1, 0.15) is 16.8 Å². The van der Waals surface area contributed by atoms with Crippen LogP contribution in [-0.2, 0) is 14.3 Å². The van der Waals surface area contributed by atoms with E-state index in [1.807, 2.05) is 48.5 Å². The molecule has 0 spiro atoms. The van der Waals surface area contributed by atoms with Crippen LogP contribution in [-0.4, -0.2) is 73.4 Å². The minimum absolute atomic E-state index is 0.0242. The SMILES string of the molecule is O=C(CC1C(=O)NCCN1C(=S)NC(=O)c1ccccc1OCCOc1ccccc1)OCCOc1ccccc1. The zero-order valence-corrected chi connectivity index (χ0v) is 23.1. The van der Waals surface area contributed by atoms with Crippen LogP contribution in [0.5, 0.6) is 17.2 Å². The molecule has 214 valence electrons. The first-order chi connectivity index (χ1) is 20.0. The lowest BCUT2D eigenvalue weighted by Crippen LogP contribution is -2.60. The summed E-state index contributed by atoms with van der Waals surface area (Å²) in [6.07, 6.45) is -0.242. The summed E-state index contributed by atoms with van der Waals surface area (Å²) in [7, 11) is 0. The Bertz CT molecular complexity index is 1320. The molecule has 10 nitrogen and oxygen atoms in total. The molecule has 1 aliphatic rings. The first kappa shape index (κ1) is 29.3. The van der Waals surface area contributed by atoms with Gasteiger partial charge in [0.05, 0.1) is 12.0 Å². The molecule has 1 aliphatic heterocycles. The fraction of sp³-hybridized carbons (Fsp3) is 0.267. The van der Waals surface area contributed by atoms with Gasteiger partial charge in [-0.15, -0.1) is 0 Å². The van der Waals surface area contributed by atoms with Crippen LogP contribution >= 0.6 is 12.2 Å². The number of benzene rings is 3. The largest absolute Gasteiger partial charge is 0.490 e. The van der Waals surface area contributed by atoms with Crippen molar-refractivity contribution in [1.29, 1.82) is 0 Å². The summed E-state index contributed by atoms with van der Waals surface area (Å²) in [5, 5.41) is 5.43. The maximum Gasteiger partial charge on any atom is 0.308 e. The summed E-state index contributed by atoms with van der Waals surface area (Å²) >= 11 is 5.48. The van der Waals surface area contributed by atoms with Crippen molar-refractivity contribution in [2.45, 2.75) is 12.5 Å². The Morgan fingerprint density at radius 3 is 2.10 bits per heavy atom. The number of esters is 1. The van der Waals surface area contributed by atoms with Gasteiger partial charge < -0.3 is 29.2 Å². The molecule has 1 fully saturated rings. The lowest BCUT2D eigenvalue weighted by Gasteiger charge is -2.36. The zero-order valence-electron chi connectivity index (χ0n) is 22.3. The Labute approximate surface area is 243 Å². The number of hydrogen-bond acceptors (Lipinski definition) is 8. The first-order valence-electron chi connectivity index (χ1n) is 13.1. The third-order valence-corrected chi connectivity index (χ3v) is 6.35. The first-order valence-corrected chi connectivity index (χ1v) is 13.5. The van der Waals surface area contributed by atoms with Gasteiger partial charge in [0.2, 0.25) is 5.91 Å². The Hall–Kier alpha value is -4.64. The molecule has 0 radical (unpaired) electrons. The van der Waals surface area contributed by atoms with Crippen LogP contribution in [0, 0.1) is 0 Å². The topological polar surface area (TPSA) is 115 Å². The van der Waals surface area contributed by atoms with E-state index in [4.69, 9.17) is 31.2 Å². The Morgan fingerprint density at radius 2 is 1.41 bits per heavy atom. The quantitative estimate of drug-likeness (QED) is 0.190. The average molecular weight is 578 g/mol. The minimum atomic E-state index is -0.930. The Kier molecular flexibility index (Phi) is 10.9. The van der Waals surface area contributed by atoms with Crippen molar-refractivity contribution < 1.29 is 33.3 Å². The lowest BCUT2D eigenvalue weighted by atomic mass is 10.1. The fourth-order valence-electron chi connectivity index (χ4n) is 4.05.